The minimum absolute atomic E-state index is 0. The molecule has 0 aliphatic heterocycles. The third-order valence-electron chi connectivity index (χ3n) is 0. The molecular formula is H2MoO3P+. The Balaban J connectivity index is 0. The zero-order valence-electron chi connectivity index (χ0n) is 2.16. The van der Waals surface area contributed by atoms with E-state index in [-0.39, 0.29) is 21.1 Å². The molecule has 0 spiro atoms. The average molecular weight is 177 g/mol. The minimum atomic E-state index is -2.87. The van der Waals surface area contributed by atoms with Gasteiger partial charge in [0.2, 0.25) is 0 Å². The maximum Gasteiger partial charge on any atom is 0.692 e. The molecule has 0 saturated heterocycles. The third-order valence-corrected chi connectivity index (χ3v) is 0. The van der Waals surface area contributed by atoms with E-state index in [1.807, 2.05) is 0 Å². The second-order valence-corrected chi connectivity index (χ2v) is 0.758. The first-order chi connectivity index (χ1) is 1.73. The molecule has 2 N–H and O–H groups in total. The van der Waals surface area contributed by atoms with Gasteiger partial charge in [0.1, 0.15) is 0 Å². The summed E-state index contributed by atoms with van der Waals surface area (Å²) in [4.78, 5) is 14.2. The van der Waals surface area contributed by atoms with Crippen molar-refractivity contribution >= 4 is 8.25 Å². The van der Waals surface area contributed by atoms with Crippen molar-refractivity contribution in [2.45, 2.75) is 0 Å². The summed E-state index contributed by atoms with van der Waals surface area (Å²) in [6.07, 6.45) is 0. The number of hydrogen-bond acceptors (Lipinski definition) is 1. The van der Waals surface area contributed by atoms with Crippen LogP contribution in [0.2, 0.25) is 0 Å². The smallest absolute Gasteiger partial charge is 0.134 e. The molecule has 0 bridgehead atoms. The van der Waals surface area contributed by atoms with Crippen molar-refractivity contribution < 1.29 is 35.4 Å². The van der Waals surface area contributed by atoms with Crippen molar-refractivity contribution in [1.29, 1.82) is 0 Å². The van der Waals surface area contributed by atoms with Gasteiger partial charge in [0.25, 0.3) is 0 Å². The Morgan fingerprint density at radius 1 is 1.40 bits per heavy atom. The van der Waals surface area contributed by atoms with Crippen molar-refractivity contribution in [3.63, 3.8) is 0 Å². The Bertz CT molecular complexity index is 29.9. The van der Waals surface area contributed by atoms with Gasteiger partial charge in [-0.1, -0.05) is 0 Å². The monoisotopic (exact) mass is 179 g/mol. The van der Waals surface area contributed by atoms with E-state index in [4.69, 9.17) is 14.4 Å². The maximum atomic E-state index is 8.70. The molecule has 0 aliphatic rings. The van der Waals surface area contributed by atoms with Crippen LogP contribution in [0, 0.1) is 0 Å². The molecule has 0 saturated carbocycles. The molecule has 5 heteroatoms. The predicted octanol–water partition coefficient (Wildman–Crippen LogP) is -0.374. The molecule has 0 fully saturated rings. The Hall–Kier alpha value is 0.708. The normalized spacial score (nSPS) is 5.20. The molecule has 3 nitrogen and oxygen atoms in total. The molecule has 0 aliphatic carbocycles. The van der Waals surface area contributed by atoms with E-state index in [0.29, 0.717) is 0 Å². The second-order valence-electron chi connectivity index (χ2n) is 0.253. The summed E-state index contributed by atoms with van der Waals surface area (Å²) < 4.78 is 8.70. The van der Waals surface area contributed by atoms with Gasteiger partial charge in [-0.3, -0.25) is 0 Å². The van der Waals surface area contributed by atoms with Gasteiger partial charge in [0.15, 0.2) is 0 Å². The first-order valence-electron chi connectivity index (χ1n) is 0.583. The Morgan fingerprint density at radius 3 is 1.40 bits per heavy atom. The van der Waals surface area contributed by atoms with Crippen LogP contribution < -0.4 is 0 Å². The van der Waals surface area contributed by atoms with Crippen LogP contribution >= 0.6 is 8.25 Å². The van der Waals surface area contributed by atoms with Crippen molar-refractivity contribution in [1.82, 2.24) is 0 Å². The van der Waals surface area contributed by atoms with Crippen LogP contribution in [0.25, 0.3) is 0 Å². The van der Waals surface area contributed by atoms with Crippen LogP contribution in [0.15, 0.2) is 0 Å². The Kier molecular flexibility index (Phi) is 8.67. The fourth-order valence-corrected chi connectivity index (χ4v) is 0. The molecule has 0 atom stereocenters. The van der Waals surface area contributed by atoms with Gasteiger partial charge >= 0.3 is 8.25 Å². The topological polar surface area (TPSA) is 57.5 Å². The van der Waals surface area contributed by atoms with E-state index in [2.05, 4.69) is 0 Å². The van der Waals surface area contributed by atoms with Gasteiger partial charge < -0.3 is 0 Å². The van der Waals surface area contributed by atoms with Crippen LogP contribution in [0.3, 0.4) is 0 Å². The van der Waals surface area contributed by atoms with Crippen molar-refractivity contribution in [2.24, 2.45) is 0 Å². The summed E-state index contributed by atoms with van der Waals surface area (Å²) in [5, 5.41) is 0. The van der Waals surface area contributed by atoms with Gasteiger partial charge in [-0.15, -0.1) is 9.79 Å². The summed E-state index contributed by atoms with van der Waals surface area (Å²) in [6.45, 7) is 0. The van der Waals surface area contributed by atoms with Crippen LogP contribution in [0.4, 0.5) is 0 Å². The van der Waals surface area contributed by atoms with E-state index < -0.39 is 8.25 Å². The molecule has 0 radical (unpaired) electrons. The van der Waals surface area contributed by atoms with Gasteiger partial charge in [-0.25, -0.2) is 0 Å². The fraction of sp³-hybridized carbons (Fsp3) is 0. The average Bonchev–Trinajstić information content (AvgIpc) is 0.811. The Labute approximate surface area is 44.2 Å². The van der Waals surface area contributed by atoms with E-state index in [1.54, 1.807) is 0 Å². The summed E-state index contributed by atoms with van der Waals surface area (Å²) in [5.74, 6) is 0. The van der Waals surface area contributed by atoms with Crippen LogP contribution in [-0.4, -0.2) is 9.79 Å². The largest absolute Gasteiger partial charge is 0.692 e. The summed E-state index contributed by atoms with van der Waals surface area (Å²) in [7, 11) is -2.87. The molecule has 0 rings (SSSR count). The molecule has 0 aromatic carbocycles. The molecule has 0 amide bonds. The van der Waals surface area contributed by atoms with E-state index in [1.165, 1.54) is 0 Å². The second kappa shape index (κ2) is 4.71. The van der Waals surface area contributed by atoms with Gasteiger partial charge in [-0.05, 0) is 0 Å². The first kappa shape index (κ1) is 9.20. The predicted molar refractivity (Wildman–Crippen MR) is 12.0 cm³/mol. The van der Waals surface area contributed by atoms with E-state index in [9.17, 15) is 0 Å². The van der Waals surface area contributed by atoms with Crippen molar-refractivity contribution in [2.75, 3.05) is 0 Å². The van der Waals surface area contributed by atoms with Crippen molar-refractivity contribution in [3.05, 3.63) is 0 Å². The standard InChI is InChI=1S/Mo.HO3P/c;1-4(2)3/h;(H-,1,2,3)/p+1. The zero-order chi connectivity index (χ0) is 3.58. The molecule has 0 heterocycles. The van der Waals surface area contributed by atoms with Gasteiger partial charge in [0, 0.05) is 25.6 Å². The van der Waals surface area contributed by atoms with E-state index in [0.717, 1.165) is 0 Å². The van der Waals surface area contributed by atoms with Crippen LogP contribution in [0.1, 0.15) is 0 Å². The van der Waals surface area contributed by atoms with Crippen LogP contribution in [0.5, 0.6) is 0 Å². The van der Waals surface area contributed by atoms with E-state index >= 15 is 0 Å². The molecule has 0 unspecified atom stereocenters. The fourth-order valence-electron chi connectivity index (χ4n) is 0. The number of rotatable bonds is 0. The van der Waals surface area contributed by atoms with Crippen LogP contribution in [-0.2, 0) is 25.6 Å². The zero-order valence-corrected chi connectivity index (χ0v) is 5.06. The molecule has 0 aromatic rings. The summed E-state index contributed by atoms with van der Waals surface area (Å²) in [6, 6.07) is 0. The molecule has 0 aromatic heterocycles. The third kappa shape index (κ3) is 68.8. The molecule has 30 valence electrons. The Morgan fingerprint density at radius 2 is 1.40 bits per heavy atom. The SMILES string of the molecule is O=[P+](O)O.[Mo]. The first-order valence-corrected chi connectivity index (χ1v) is 1.75. The molecule has 5 heavy (non-hydrogen) atoms. The van der Waals surface area contributed by atoms with Gasteiger partial charge in [-0.2, -0.15) is 0 Å². The maximum absolute atomic E-state index is 8.70. The van der Waals surface area contributed by atoms with Crippen molar-refractivity contribution in [3.8, 4) is 0 Å². The van der Waals surface area contributed by atoms with Gasteiger partial charge in [0.05, 0.1) is 0 Å². The summed E-state index contributed by atoms with van der Waals surface area (Å²) >= 11 is 0. The summed E-state index contributed by atoms with van der Waals surface area (Å²) in [5.41, 5.74) is 0. The number of hydrogen-bond donors (Lipinski definition) is 2. The molecular weight excluding hydrogens is 175 g/mol. The quantitative estimate of drug-likeness (QED) is 0.391. The minimum Gasteiger partial charge on any atom is -0.134 e.